The van der Waals surface area contributed by atoms with Crippen LogP contribution in [0.4, 0.5) is 5.69 Å². The molecule has 39 heavy (non-hydrogen) atoms. The molecule has 198 valence electrons. The number of carbonyl (C=O) groups is 3. The lowest BCUT2D eigenvalue weighted by atomic mass is 9.71. The Balaban J connectivity index is 1.37. The van der Waals surface area contributed by atoms with Gasteiger partial charge in [0.15, 0.2) is 5.49 Å². The van der Waals surface area contributed by atoms with E-state index in [1.54, 1.807) is 25.1 Å². The molecule has 0 N–H and O–H groups in total. The Morgan fingerprint density at radius 1 is 1.08 bits per heavy atom. The van der Waals surface area contributed by atoms with Gasteiger partial charge >= 0.3 is 5.97 Å². The quantitative estimate of drug-likeness (QED) is 0.363. The summed E-state index contributed by atoms with van der Waals surface area (Å²) in [5, 5.41) is 1.39. The molecule has 0 bridgehead atoms. The van der Waals surface area contributed by atoms with Gasteiger partial charge in [0.2, 0.25) is 5.91 Å². The fourth-order valence-electron chi connectivity index (χ4n) is 5.93. The third-order valence-electron chi connectivity index (χ3n) is 7.90. The minimum Gasteiger partial charge on any atom is -0.462 e. The van der Waals surface area contributed by atoms with Gasteiger partial charge < -0.3 is 9.64 Å². The first-order valence-electron chi connectivity index (χ1n) is 13.1. The third-order valence-corrected chi connectivity index (χ3v) is 8.16. The van der Waals surface area contributed by atoms with Crippen molar-refractivity contribution in [2.75, 3.05) is 31.1 Å². The minimum atomic E-state index is -0.923. The number of amides is 2. The van der Waals surface area contributed by atoms with Gasteiger partial charge in [0.1, 0.15) is 5.56 Å². The van der Waals surface area contributed by atoms with Crippen molar-refractivity contribution < 1.29 is 19.1 Å². The second-order valence-corrected chi connectivity index (χ2v) is 10.4. The summed E-state index contributed by atoms with van der Waals surface area (Å²) in [5.74, 6) is -0.911. The molecule has 8 nitrogen and oxygen atoms in total. The van der Waals surface area contributed by atoms with Crippen LogP contribution >= 0.6 is 11.6 Å². The predicted molar refractivity (Wildman–Crippen MR) is 146 cm³/mol. The first-order valence-corrected chi connectivity index (χ1v) is 13.5. The average molecular weight is 543 g/mol. The van der Waals surface area contributed by atoms with Gasteiger partial charge in [-0.3, -0.25) is 19.5 Å². The van der Waals surface area contributed by atoms with Crippen LogP contribution in [0.15, 0.2) is 59.7 Å². The largest absolute Gasteiger partial charge is 0.462 e. The van der Waals surface area contributed by atoms with Gasteiger partial charge in [-0.15, -0.1) is 0 Å². The van der Waals surface area contributed by atoms with Crippen LogP contribution in [0.3, 0.4) is 0 Å². The Morgan fingerprint density at radius 3 is 2.54 bits per heavy atom. The number of aromatic nitrogens is 1. The molecule has 0 spiro atoms. The van der Waals surface area contributed by atoms with Crippen LogP contribution in [-0.2, 0) is 21.5 Å². The zero-order valence-electron chi connectivity index (χ0n) is 21.5. The second-order valence-electron chi connectivity index (χ2n) is 9.95. The first-order chi connectivity index (χ1) is 18.9. The van der Waals surface area contributed by atoms with Crippen molar-refractivity contribution in [3.05, 3.63) is 92.7 Å². The highest BCUT2D eigenvalue weighted by atomic mass is 35.5. The molecule has 3 aromatic rings. The molecule has 3 aliphatic rings. The van der Waals surface area contributed by atoms with Gasteiger partial charge in [0, 0.05) is 35.1 Å². The van der Waals surface area contributed by atoms with Crippen molar-refractivity contribution in [1.82, 2.24) is 9.88 Å². The zero-order valence-corrected chi connectivity index (χ0v) is 22.3. The normalized spacial score (nSPS) is 17.2. The topological polar surface area (TPSA) is 92.2 Å². The summed E-state index contributed by atoms with van der Waals surface area (Å²) >= 11 is 6.20. The summed E-state index contributed by atoms with van der Waals surface area (Å²) in [6.45, 7) is 3.75. The van der Waals surface area contributed by atoms with Crippen molar-refractivity contribution >= 4 is 41.1 Å². The van der Waals surface area contributed by atoms with E-state index in [1.165, 1.54) is 11.1 Å². The van der Waals surface area contributed by atoms with E-state index in [-0.39, 0.29) is 25.0 Å². The predicted octanol–water partition coefficient (Wildman–Crippen LogP) is 3.05. The van der Waals surface area contributed by atoms with Gasteiger partial charge in [0.05, 0.1) is 30.8 Å². The molecule has 3 aliphatic heterocycles. The highest BCUT2D eigenvalue weighted by molar-refractivity contribution is 6.30. The standard InChI is InChI=1S/C30H27ClN4O4/c1-2-39-28(37)24-17-33-26-23(11-14-32-26)25(24)34-15-12-30(13-16-34,20-7-9-21(31)10-8-20)29(38)35-18-19-5-3-4-6-22(19)27(35)36/h3-11,17H,2,12-16,18H2,1H3. The Bertz CT molecular complexity index is 1610. The van der Waals surface area contributed by atoms with Gasteiger partial charge in [-0.25, -0.2) is 9.78 Å². The van der Waals surface area contributed by atoms with E-state index in [9.17, 15) is 14.4 Å². The van der Waals surface area contributed by atoms with Crippen LogP contribution in [0.25, 0.3) is 6.08 Å². The number of anilines is 1. The Kier molecular flexibility index (Phi) is 6.43. The number of carbonyl (C=O) groups excluding carboxylic acids is 3. The fraction of sp³-hybridized carbons (Fsp3) is 0.300. The maximum Gasteiger partial charge on any atom is 0.341 e. The van der Waals surface area contributed by atoms with Gasteiger partial charge in [-0.05, 0) is 55.2 Å². The number of piperidine rings is 1. The molecule has 1 aromatic heterocycles. The van der Waals surface area contributed by atoms with Crippen LogP contribution in [0.1, 0.15) is 51.6 Å². The molecule has 0 aliphatic carbocycles. The monoisotopic (exact) mass is 542 g/mol. The number of hydrogen-bond donors (Lipinski definition) is 0. The van der Waals surface area contributed by atoms with Crippen molar-refractivity contribution in [2.24, 2.45) is 4.99 Å². The summed E-state index contributed by atoms with van der Waals surface area (Å²) in [5.41, 5.74) is 3.05. The molecule has 4 heterocycles. The SMILES string of the molecule is CCOC(=O)c1cnc2c(c1N1CCC(C(=O)N3Cc4ccccc4C3=O)(c3ccc(Cl)cc3)CC1)=CCN=2. The summed E-state index contributed by atoms with van der Waals surface area (Å²) < 4.78 is 5.33. The molecule has 1 saturated heterocycles. The molecule has 2 amide bonds. The Morgan fingerprint density at radius 2 is 1.82 bits per heavy atom. The maximum absolute atomic E-state index is 14.3. The van der Waals surface area contributed by atoms with E-state index in [2.05, 4.69) is 14.9 Å². The molecular weight excluding hydrogens is 516 g/mol. The van der Waals surface area contributed by atoms with Gasteiger partial charge in [0.25, 0.3) is 5.91 Å². The number of esters is 1. The van der Waals surface area contributed by atoms with E-state index in [4.69, 9.17) is 16.3 Å². The number of hydrogen-bond acceptors (Lipinski definition) is 7. The smallest absolute Gasteiger partial charge is 0.341 e. The van der Waals surface area contributed by atoms with Crippen molar-refractivity contribution in [3.63, 3.8) is 0 Å². The number of nitrogens with zero attached hydrogens (tertiary/aromatic N) is 4. The minimum absolute atomic E-state index is 0.210. The van der Waals surface area contributed by atoms with Crippen molar-refractivity contribution in [2.45, 2.75) is 31.7 Å². The lowest BCUT2D eigenvalue weighted by molar-refractivity contribution is -0.135. The van der Waals surface area contributed by atoms with Crippen molar-refractivity contribution in [1.29, 1.82) is 0 Å². The zero-order chi connectivity index (χ0) is 27.1. The molecular formula is C30H27ClN4O4. The molecule has 6 rings (SSSR count). The van der Waals surface area contributed by atoms with Gasteiger partial charge in [-0.2, -0.15) is 0 Å². The average Bonchev–Trinajstić information content (AvgIpc) is 3.57. The Labute approximate surface area is 230 Å². The fourth-order valence-corrected chi connectivity index (χ4v) is 6.05. The number of rotatable bonds is 5. The molecule has 0 saturated carbocycles. The number of halogens is 1. The van der Waals surface area contributed by atoms with Crippen LogP contribution in [0.2, 0.25) is 5.02 Å². The van der Waals surface area contributed by atoms with E-state index in [0.717, 1.165) is 22.0 Å². The molecule has 2 aromatic carbocycles. The van der Waals surface area contributed by atoms with Crippen LogP contribution in [-0.4, -0.2) is 53.9 Å². The molecule has 0 atom stereocenters. The summed E-state index contributed by atoms with van der Waals surface area (Å²) in [6, 6.07) is 14.7. The number of ether oxygens (including phenoxy) is 1. The molecule has 0 radical (unpaired) electrons. The maximum atomic E-state index is 14.3. The van der Waals surface area contributed by atoms with Crippen LogP contribution in [0.5, 0.6) is 0 Å². The number of pyridine rings is 1. The molecule has 0 unspecified atom stereocenters. The van der Waals surface area contributed by atoms with Crippen molar-refractivity contribution in [3.8, 4) is 0 Å². The summed E-state index contributed by atoms with van der Waals surface area (Å²) in [4.78, 5) is 52.8. The number of fused-ring (bicyclic) bond motifs is 2. The number of imide groups is 1. The van der Waals surface area contributed by atoms with E-state index in [1.807, 2.05) is 36.4 Å². The van der Waals surface area contributed by atoms with Crippen LogP contribution in [0, 0.1) is 0 Å². The highest BCUT2D eigenvalue weighted by Crippen LogP contribution is 2.41. The lowest BCUT2D eigenvalue weighted by Gasteiger charge is -2.43. The second kappa shape index (κ2) is 9.93. The van der Waals surface area contributed by atoms with E-state index < -0.39 is 11.4 Å². The summed E-state index contributed by atoms with van der Waals surface area (Å²) in [6.07, 6.45) is 4.39. The third kappa shape index (κ3) is 4.19. The van der Waals surface area contributed by atoms with Crippen LogP contribution < -0.4 is 15.6 Å². The first kappa shape index (κ1) is 25.2. The lowest BCUT2D eigenvalue weighted by Crippen LogP contribution is -2.54. The highest BCUT2D eigenvalue weighted by Gasteiger charge is 2.48. The molecule has 1 fully saturated rings. The van der Waals surface area contributed by atoms with Gasteiger partial charge in [-0.1, -0.05) is 41.9 Å². The van der Waals surface area contributed by atoms with E-state index in [0.29, 0.717) is 54.1 Å². The number of benzene rings is 2. The van der Waals surface area contributed by atoms with E-state index >= 15 is 0 Å². The Hall–Kier alpha value is -4.04. The summed E-state index contributed by atoms with van der Waals surface area (Å²) in [7, 11) is 0. The molecule has 9 heteroatoms.